The van der Waals surface area contributed by atoms with Gasteiger partial charge in [0.1, 0.15) is 11.3 Å². The number of benzene rings is 1. The number of fused-ring (bicyclic) bond motifs is 1. The molecular weight excluding hydrogens is 236 g/mol. The summed E-state index contributed by atoms with van der Waals surface area (Å²) in [5, 5.41) is 1.13. The molecule has 19 heavy (non-hydrogen) atoms. The molecule has 3 heteroatoms. The van der Waals surface area contributed by atoms with Crippen LogP contribution < -0.4 is 11.3 Å². The van der Waals surface area contributed by atoms with Crippen LogP contribution in [0.3, 0.4) is 0 Å². The van der Waals surface area contributed by atoms with Crippen LogP contribution in [0.25, 0.3) is 11.0 Å². The van der Waals surface area contributed by atoms with Gasteiger partial charge in [-0.25, -0.2) is 5.43 Å². The van der Waals surface area contributed by atoms with Gasteiger partial charge in [-0.2, -0.15) is 0 Å². The molecule has 0 spiro atoms. The lowest BCUT2D eigenvalue weighted by Gasteiger charge is -2.29. The molecule has 2 unspecified atom stereocenters. The quantitative estimate of drug-likeness (QED) is 0.645. The summed E-state index contributed by atoms with van der Waals surface area (Å²) in [6.07, 6.45) is 0.958. The summed E-state index contributed by atoms with van der Waals surface area (Å²) in [5.74, 6) is 7.17. The van der Waals surface area contributed by atoms with Crippen molar-refractivity contribution in [3.8, 4) is 0 Å². The van der Waals surface area contributed by atoms with Crippen LogP contribution in [0, 0.1) is 11.3 Å². The number of para-hydroxylation sites is 1. The lowest BCUT2D eigenvalue weighted by molar-refractivity contribution is 0.215. The van der Waals surface area contributed by atoms with E-state index in [4.69, 9.17) is 10.3 Å². The van der Waals surface area contributed by atoms with Gasteiger partial charge in [-0.15, -0.1) is 0 Å². The van der Waals surface area contributed by atoms with Gasteiger partial charge in [0.15, 0.2) is 0 Å². The van der Waals surface area contributed by atoms with E-state index in [1.54, 1.807) is 0 Å². The number of hydrogen-bond donors (Lipinski definition) is 2. The normalized spacial score (nSPS) is 15.6. The first-order chi connectivity index (χ1) is 8.91. The highest BCUT2D eigenvalue weighted by Crippen LogP contribution is 2.34. The Labute approximate surface area is 115 Å². The summed E-state index contributed by atoms with van der Waals surface area (Å²) in [6, 6.07) is 10.2. The van der Waals surface area contributed by atoms with E-state index in [0.717, 1.165) is 23.2 Å². The number of furan rings is 1. The molecular formula is C16H24N2O. The van der Waals surface area contributed by atoms with Crippen LogP contribution in [0.2, 0.25) is 0 Å². The molecule has 0 radical (unpaired) electrons. The first kappa shape index (κ1) is 14.1. The van der Waals surface area contributed by atoms with Crippen molar-refractivity contribution >= 4 is 11.0 Å². The minimum absolute atomic E-state index is 0.0571. The monoisotopic (exact) mass is 260 g/mol. The average molecular weight is 260 g/mol. The predicted molar refractivity (Wildman–Crippen MR) is 79.5 cm³/mol. The first-order valence-electron chi connectivity index (χ1n) is 6.86. The van der Waals surface area contributed by atoms with E-state index in [1.807, 2.05) is 18.2 Å². The van der Waals surface area contributed by atoms with Crippen molar-refractivity contribution in [3.05, 3.63) is 36.1 Å². The van der Waals surface area contributed by atoms with E-state index in [-0.39, 0.29) is 11.5 Å². The standard InChI is InChI=1S/C16H24N2O/c1-11(16(2,3)4)9-13(18-17)15-10-12-7-5-6-8-14(12)19-15/h5-8,10-11,13,18H,9,17H2,1-4H3. The van der Waals surface area contributed by atoms with E-state index in [1.165, 1.54) is 0 Å². The van der Waals surface area contributed by atoms with Crippen molar-refractivity contribution in [1.82, 2.24) is 5.43 Å². The van der Waals surface area contributed by atoms with E-state index in [9.17, 15) is 0 Å². The zero-order valence-electron chi connectivity index (χ0n) is 12.2. The second-order valence-electron chi connectivity index (χ2n) is 6.41. The number of hydrazine groups is 1. The van der Waals surface area contributed by atoms with E-state index in [2.05, 4.69) is 45.3 Å². The van der Waals surface area contributed by atoms with Crippen LogP contribution in [0.4, 0.5) is 0 Å². The van der Waals surface area contributed by atoms with Crippen LogP contribution in [-0.2, 0) is 0 Å². The van der Waals surface area contributed by atoms with Crippen LogP contribution in [-0.4, -0.2) is 0 Å². The summed E-state index contributed by atoms with van der Waals surface area (Å²) in [4.78, 5) is 0. The summed E-state index contributed by atoms with van der Waals surface area (Å²) < 4.78 is 5.89. The highest BCUT2D eigenvalue weighted by molar-refractivity contribution is 5.77. The minimum atomic E-state index is 0.0571. The minimum Gasteiger partial charge on any atom is -0.459 e. The molecule has 1 heterocycles. The van der Waals surface area contributed by atoms with E-state index in [0.29, 0.717) is 5.92 Å². The van der Waals surface area contributed by atoms with Gasteiger partial charge in [-0.1, -0.05) is 45.9 Å². The lowest BCUT2D eigenvalue weighted by atomic mass is 9.78. The zero-order chi connectivity index (χ0) is 14.0. The first-order valence-corrected chi connectivity index (χ1v) is 6.86. The van der Waals surface area contributed by atoms with Gasteiger partial charge in [0, 0.05) is 5.39 Å². The second kappa shape index (κ2) is 5.35. The van der Waals surface area contributed by atoms with Gasteiger partial charge in [0.25, 0.3) is 0 Å². The van der Waals surface area contributed by atoms with Crippen molar-refractivity contribution in [2.24, 2.45) is 17.2 Å². The maximum Gasteiger partial charge on any atom is 0.134 e. The highest BCUT2D eigenvalue weighted by Gasteiger charge is 2.25. The topological polar surface area (TPSA) is 51.2 Å². The Balaban J connectivity index is 2.22. The number of nitrogens with two attached hydrogens (primary N) is 1. The predicted octanol–water partition coefficient (Wildman–Crippen LogP) is 4.01. The molecule has 0 saturated heterocycles. The Bertz CT molecular complexity index is 506. The van der Waals surface area contributed by atoms with Crippen molar-refractivity contribution in [2.45, 2.75) is 40.2 Å². The van der Waals surface area contributed by atoms with Crippen molar-refractivity contribution in [3.63, 3.8) is 0 Å². The molecule has 0 saturated carbocycles. The molecule has 0 aliphatic rings. The van der Waals surface area contributed by atoms with Crippen molar-refractivity contribution < 1.29 is 4.42 Å². The Hall–Kier alpha value is -1.32. The number of nitrogens with one attached hydrogen (secondary N) is 1. The summed E-state index contributed by atoms with van der Waals surface area (Å²) >= 11 is 0. The van der Waals surface area contributed by atoms with Crippen molar-refractivity contribution in [1.29, 1.82) is 0 Å². The van der Waals surface area contributed by atoms with E-state index >= 15 is 0 Å². The van der Waals surface area contributed by atoms with Crippen LogP contribution in [0.1, 0.15) is 45.9 Å². The van der Waals surface area contributed by atoms with E-state index < -0.39 is 0 Å². The van der Waals surface area contributed by atoms with Gasteiger partial charge in [0.2, 0.25) is 0 Å². The van der Waals surface area contributed by atoms with Gasteiger partial charge >= 0.3 is 0 Å². The summed E-state index contributed by atoms with van der Waals surface area (Å²) in [6.45, 7) is 9.02. The Morgan fingerprint density at radius 1 is 1.26 bits per heavy atom. The fourth-order valence-corrected chi connectivity index (χ4v) is 2.15. The number of hydrogen-bond acceptors (Lipinski definition) is 3. The Kier molecular flexibility index (Phi) is 3.97. The molecule has 0 amide bonds. The molecule has 0 aliphatic carbocycles. The maximum atomic E-state index is 5.89. The molecule has 0 aliphatic heterocycles. The smallest absolute Gasteiger partial charge is 0.134 e. The summed E-state index contributed by atoms with van der Waals surface area (Å²) in [5.41, 5.74) is 4.07. The molecule has 2 atom stereocenters. The van der Waals surface area contributed by atoms with Gasteiger partial charge in [-0.05, 0) is 29.9 Å². The number of rotatable bonds is 4. The maximum absolute atomic E-state index is 5.89. The third-order valence-electron chi connectivity index (χ3n) is 4.06. The Morgan fingerprint density at radius 3 is 2.53 bits per heavy atom. The third-order valence-corrected chi connectivity index (χ3v) is 4.06. The Morgan fingerprint density at radius 2 is 1.95 bits per heavy atom. The molecule has 2 aromatic rings. The zero-order valence-corrected chi connectivity index (χ0v) is 12.2. The fraction of sp³-hybridized carbons (Fsp3) is 0.500. The van der Waals surface area contributed by atoms with Crippen molar-refractivity contribution in [2.75, 3.05) is 0 Å². The SMILES string of the molecule is CC(CC(NN)c1cc2ccccc2o1)C(C)(C)C. The summed E-state index contributed by atoms with van der Waals surface area (Å²) in [7, 11) is 0. The molecule has 0 fully saturated rings. The second-order valence-corrected chi connectivity index (χ2v) is 6.41. The molecule has 2 rings (SSSR count). The van der Waals surface area contributed by atoms with Crippen LogP contribution in [0.5, 0.6) is 0 Å². The van der Waals surface area contributed by atoms with Crippen LogP contribution in [0.15, 0.2) is 34.7 Å². The average Bonchev–Trinajstić information content (AvgIpc) is 2.77. The molecule has 104 valence electrons. The van der Waals surface area contributed by atoms with Crippen LogP contribution >= 0.6 is 0 Å². The molecule has 1 aromatic carbocycles. The molecule has 1 aromatic heterocycles. The largest absolute Gasteiger partial charge is 0.459 e. The van der Waals surface area contributed by atoms with Gasteiger partial charge in [-0.3, -0.25) is 5.84 Å². The molecule has 3 nitrogen and oxygen atoms in total. The lowest BCUT2D eigenvalue weighted by Crippen LogP contribution is -2.31. The highest BCUT2D eigenvalue weighted by atomic mass is 16.3. The van der Waals surface area contributed by atoms with Gasteiger partial charge in [0.05, 0.1) is 6.04 Å². The third kappa shape index (κ3) is 3.17. The fourth-order valence-electron chi connectivity index (χ4n) is 2.15. The molecule has 3 N–H and O–H groups in total. The van der Waals surface area contributed by atoms with Gasteiger partial charge < -0.3 is 4.42 Å². The molecule has 0 bridgehead atoms.